The number of hydrogen-bond donors (Lipinski definition) is 1. The maximum absolute atomic E-state index is 12.3. The summed E-state index contributed by atoms with van der Waals surface area (Å²) in [5.41, 5.74) is 4.31. The van der Waals surface area contributed by atoms with Crippen LogP contribution in [0.25, 0.3) is 0 Å². The van der Waals surface area contributed by atoms with E-state index in [0.29, 0.717) is 22.6 Å². The molecule has 0 aliphatic heterocycles. The van der Waals surface area contributed by atoms with Crippen LogP contribution in [-0.4, -0.2) is 21.5 Å². The van der Waals surface area contributed by atoms with Crippen LogP contribution >= 0.6 is 0 Å². The zero-order chi connectivity index (χ0) is 15.7. The summed E-state index contributed by atoms with van der Waals surface area (Å²) in [6.07, 6.45) is 0. The fourth-order valence-corrected chi connectivity index (χ4v) is 2.28. The lowest BCUT2D eigenvalue weighted by atomic mass is 10.1. The van der Waals surface area contributed by atoms with Gasteiger partial charge < -0.3 is 5.32 Å². The molecule has 2 rings (SSSR count). The fraction of sp³-hybridized carbons (Fsp3) is 0.312. The van der Waals surface area contributed by atoms with Gasteiger partial charge in [0, 0.05) is 18.4 Å². The Morgan fingerprint density at radius 1 is 1.14 bits per heavy atom. The normalized spacial score (nSPS) is 10.5. The Balaban J connectivity index is 2.28. The Morgan fingerprint density at radius 2 is 1.81 bits per heavy atom. The number of nitrogens with zero attached hydrogens (tertiary/aromatic N) is 2. The van der Waals surface area contributed by atoms with E-state index in [4.69, 9.17) is 0 Å². The van der Waals surface area contributed by atoms with Gasteiger partial charge in [-0.05, 0) is 44.9 Å². The smallest absolute Gasteiger partial charge is 0.296 e. The molecule has 0 saturated heterocycles. The van der Waals surface area contributed by atoms with E-state index in [9.17, 15) is 9.59 Å². The Labute approximate surface area is 124 Å². The van der Waals surface area contributed by atoms with Crippen molar-refractivity contribution in [3.05, 3.63) is 46.3 Å². The summed E-state index contributed by atoms with van der Waals surface area (Å²) in [6.45, 7) is 7.38. The summed E-state index contributed by atoms with van der Waals surface area (Å²) in [5.74, 6) is -1.19. The van der Waals surface area contributed by atoms with Gasteiger partial charge in [0.25, 0.3) is 11.7 Å². The summed E-state index contributed by atoms with van der Waals surface area (Å²) in [7, 11) is 1.75. The lowest BCUT2D eigenvalue weighted by Crippen LogP contribution is -2.24. The van der Waals surface area contributed by atoms with E-state index in [1.807, 2.05) is 26.0 Å². The third-order valence-electron chi connectivity index (χ3n) is 3.80. The van der Waals surface area contributed by atoms with E-state index in [1.165, 1.54) is 0 Å². The highest BCUT2D eigenvalue weighted by atomic mass is 16.2. The molecule has 0 atom stereocenters. The van der Waals surface area contributed by atoms with Gasteiger partial charge in [0.1, 0.15) is 0 Å². The molecule has 0 aliphatic carbocycles. The van der Waals surface area contributed by atoms with Crippen LogP contribution in [0.1, 0.15) is 32.9 Å². The van der Waals surface area contributed by atoms with Gasteiger partial charge in [-0.3, -0.25) is 14.3 Å². The van der Waals surface area contributed by atoms with Crippen LogP contribution in [0, 0.1) is 27.7 Å². The van der Waals surface area contributed by atoms with Gasteiger partial charge in [-0.1, -0.05) is 12.1 Å². The van der Waals surface area contributed by atoms with E-state index in [0.717, 1.165) is 11.1 Å². The molecule has 5 heteroatoms. The van der Waals surface area contributed by atoms with Gasteiger partial charge >= 0.3 is 0 Å². The number of anilines is 1. The topological polar surface area (TPSA) is 64.0 Å². The highest BCUT2D eigenvalue weighted by molar-refractivity contribution is 6.47. The minimum Gasteiger partial charge on any atom is -0.319 e. The first-order valence-corrected chi connectivity index (χ1v) is 6.75. The van der Waals surface area contributed by atoms with Crippen molar-refractivity contribution in [3.8, 4) is 0 Å². The van der Waals surface area contributed by atoms with Crippen molar-refractivity contribution in [1.29, 1.82) is 0 Å². The first kappa shape index (κ1) is 15.0. The average molecular weight is 285 g/mol. The molecule has 1 N–H and O–H groups in total. The van der Waals surface area contributed by atoms with E-state index >= 15 is 0 Å². The zero-order valence-electron chi connectivity index (χ0n) is 12.9. The Morgan fingerprint density at radius 3 is 2.38 bits per heavy atom. The van der Waals surface area contributed by atoms with Gasteiger partial charge in [0.05, 0.1) is 11.3 Å². The van der Waals surface area contributed by atoms with Crippen LogP contribution in [0.2, 0.25) is 0 Å². The minimum absolute atomic E-state index is 0.375. The van der Waals surface area contributed by atoms with Crippen molar-refractivity contribution < 1.29 is 9.59 Å². The van der Waals surface area contributed by atoms with Crippen molar-refractivity contribution in [2.75, 3.05) is 5.32 Å². The fourth-order valence-electron chi connectivity index (χ4n) is 2.28. The number of hydrogen-bond acceptors (Lipinski definition) is 3. The first-order valence-electron chi connectivity index (χ1n) is 6.75. The van der Waals surface area contributed by atoms with Gasteiger partial charge in [0.15, 0.2) is 0 Å². The quantitative estimate of drug-likeness (QED) is 0.696. The maximum atomic E-state index is 12.3. The van der Waals surface area contributed by atoms with E-state index in [2.05, 4.69) is 10.4 Å². The molecule has 0 spiro atoms. The molecule has 110 valence electrons. The summed E-state index contributed by atoms with van der Waals surface area (Å²) in [4.78, 5) is 24.5. The van der Waals surface area contributed by atoms with E-state index < -0.39 is 11.7 Å². The molecule has 1 heterocycles. The summed E-state index contributed by atoms with van der Waals surface area (Å²) in [6, 6.07) is 5.60. The van der Waals surface area contributed by atoms with Crippen molar-refractivity contribution in [2.24, 2.45) is 7.05 Å². The van der Waals surface area contributed by atoms with Gasteiger partial charge in [-0.15, -0.1) is 0 Å². The van der Waals surface area contributed by atoms with E-state index in [-0.39, 0.29) is 0 Å². The number of ketones is 1. The number of nitrogens with one attached hydrogen (secondary N) is 1. The zero-order valence-corrected chi connectivity index (χ0v) is 12.9. The van der Waals surface area contributed by atoms with Gasteiger partial charge in [0.2, 0.25) is 0 Å². The lowest BCUT2D eigenvalue weighted by Gasteiger charge is -2.09. The molecule has 1 amide bonds. The second-order valence-electron chi connectivity index (χ2n) is 5.20. The molecule has 0 bridgehead atoms. The standard InChI is InChI=1S/C16H19N3O2/c1-9-7-6-8-13(10(9)2)17-16(21)15(20)14-11(3)18-19(5)12(14)4/h6-8H,1-5H3,(H,17,21). The molecule has 0 unspecified atom stereocenters. The maximum Gasteiger partial charge on any atom is 0.296 e. The largest absolute Gasteiger partial charge is 0.319 e. The summed E-state index contributed by atoms with van der Waals surface area (Å²) < 4.78 is 1.60. The Hall–Kier alpha value is -2.43. The molecule has 1 aromatic heterocycles. The molecule has 0 fully saturated rings. The number of rotatable bonds is 3. The molecular formula is C16H19N3O2. The SMILES string of the molecule is Cc1cccc(NC(=O)C(=O)c2c(C)nn(C)c2C)c1C. The summed E-state index contributed by atoms with van der Waals surface area (Å²) in [5, 5.41) is 6.86. The molecular weight excluding hydrogens is 266 g/mol. The molecule has 0 radical (unpaired) electrons. The van der Waals surface area contributed by atoms with Crippen LogP contribution in [0.15, 0.2) is 18.2 Å². The lowest BCUT2D eigenvalue weighted by molar-refractivity contribution is -0.112. The van der Waals surface area contributed by atoms with Gasteiger partial charge in [-0.2, -0.15) is 5.10 Å². The number of aromatic nitrogens is 2. The van der Waals surface area contributed by atoms with Gasteiger partial charge in [-0.25, -0.2) is 0 Å². The second-order valence-corrected chi connectivity index (χ2v) is 5.20. The predicted octanol–water partition coefficient (Wildman–Crippen LogP) is 2.48. The van der Waals surface area contributed by atoms with Crippen molar-refractivity contribution in [2.45, 2.75) is 27.7 Å². The number of benzene rings is 1. The predicted molar refractivity (Wildman–Crippen MR) is 81.6 cm³/mol. The van der Waals surface area contributed by atoms with E-state index in [1.54, 1.807) is 31.6 Å². The van der Waals surface area contributed by atoms with Crippen LogP contribution in [0.4, 0.5) is 5.69 Å². The molecule has 5 nitrogen and oxygen atoms in total. The summed E-state index contributed by atoms with van der Waals surface area (Å²) >= 11 is 0. The first-order chi connectivity index (χ1) is 9.82. The average Bonchev–Trinajstić information content (AvgIpc) is 2.68. The van der Waals surface area contributed by atoms with Crippen LogP contribution in [-0.2, 0) is 11.8 Å². The third-order valence-corrected chi connectivity index (χ3v) is 3.80. The van der Waals surface area contributed by atoms with Crippen LogP contribution < -0.4 is 5.32 Å². The number of amides is 1. The van der Waals surface area contributed by atoms with Crippen LogP contribution in [0.3, 0.4) is 0 Å². The molecule has 21 heavy (non-hydrogen) atoms. The second kappa shape index (κ2) is 5.52. The molecule has 0 aliphatic rings. The number of carbonyl (C=O) groups excluding carboxylic acids is 2. The van der Waals surface area contributed by atoms with Crippen LogP contribution in [0.5, 0.6) is 0 Å². The highest BCUT2D eigenvalue weighted by Gasteiger charge is 2.24. The number of carbonyl (C=O) groups is 2. The Bertz CT molecular complexity index is 729. The van der Waals surface area contributed by atoms with Crippen molar-refractivity contribution >= 4 is 17.4 Å². The highest BCUT2D eigenvalue weighted by Crippen LogP contribution is 2.19. The monoisotopic (exact) mass is 285 g/mol. The number of aryl methyl sites for hydroxylation is 3. The Kier molecular flexibility index (Phi) is 3.93. The minimum atomic E-state index is -0.636. The number of Topliss-reactive ketones (excluding diaryl/α,β-unsaturated/α-hetero) is 1. The third kappa shape index (κ3) is 2.72. The van der Waals surface area contributed by atoms with Crippen molar-refractivity contribution in [1.82, 2.24) is 9.78 Å². The molecule has 1 aromatic carbocycles. The molecule has 2 aromatic rings. The molecule has 0 saturated carbocycles. The van der Waals surface area contributed by atoms with Crippen molar-refractivity contribution in [3.63, 3.8) is 0 Å².